The van der Waals surface area contributed by atoms with Gasteiger partial charge in [0.1, 0.15) is 11.6 Å². The maximum Gasteiger partial charge on any atom is 0.333 e. The molecule has 0 fully saturated rings. The molecule has 0 unspecified atom stereocenters. The lowest BCUT2D eigenvalue weighted by Gasteiger charge is -2.09. The van der Waals surface area contributed by atoms with Crippen LogP contribution in [-0.4, -0.2) is 24.5 Å². The maximum atomic E-state index is 13.1. The fourth-order valence-corrected chi connectivity index (χ4v) is 3.64. The number of aryl methyl sites for hydroxylation is 1. The minimum absolute atomic E-state index is 0.125. The van der Waals surface area contributed by atoms with Gasteiger partial charge in [-0.15, -0.1) is 0 Å². The zero-order valence-electron chi connectivity index (χ0n) is 16.1. The molecule has 4 aromatic rings. The Hall–Kier alpha value is -3.41. The molecule has 0 aliphatic carbocycles. The van der Waals surface area contributed by atoms with Gasteiger partial charge in [-0.3, -0.25) is 13.9 Å². The molecule has 2 aromatic heterocycles. The summed E-state index contributed by atoms with van der Waals surface area (Å²) in [4.78, 5) is 29.4. The Morgan fingerprint density at radius 2 is 1.61 bits per heavy atom. The molecule has 6 heteroatoms. The van der Waals surface area contributed by atoms with Gasteiger partial charge in [0.2, 0.25) is 0 Å². The number of carbonyl (C=O) groups is 1. The second-order valence-corrected chi connectivity index (χ2v) is 7.05. The Morgan fingerprint density at radius 1 is 0.964 bits per heavy atom. The highest BCUT2D eigenvalue weighted by atomic mass is 16.1. The molecular formula is C22H22N4O2. The number of nitrogens with zero attached hydrogens (tertiary/aromatic N) is 4. The van der Waals surface area contributed by atoms with Gasteiger partial charge in [-0.25, -0.2) is 9.78 Å². The molecule has 4 rings (SSSR count). The maximum absolute atomic E-state index is 13.1. The SMILES string of the molecule is C=C(C)n1c(=O)n(Cc2nc3ccccc3n2CCC(C)=O)c2ccccc21. The van der Waals surface area contributed by atoms with E-state index in [1.807, 2.05) is 60.0 Å². The summed E-state index contributed by atoms with van der Waals surface area (Å²) in [5.74, 6) is 0.883. The molecule has 0 bridgehead atoms. The smallest absolute Gasteiger partial charge is 0.326 e. The number of benzene rings is 2. The van der Waals surface area contributed by atoms with E-state index in [1.165, 1.54) is 0 Å². The highest BCUT2D eigenvalue weighted by Crippen LogP contribution is 2.20. The summed E-state index contributed by atoms with van der Waals surface area (Å²) in [5, 5.41) is 0. The number of para-hydroxylation sites is 4. The standard InChI is InChI=1S/C22H22N4O2/c1-15(2)26-20-11-7-6-10-19(20)25(22(26)28)14-21-23-17-8-4-5-9-18(17)24(21)13-12-16(3)27/h4-11H,1,12-14H2,2-3H3. The van der Waals surface area contributed by atoms with Crippen molar-refractivity contribution in [3.05, 3.63) is 71.4 Å². The molecule has 0 amide bonds. The van der Waals surface area contributed by atoms with Crippen LogP contribution in [0.4, 0.5) is 0 Å². The van der Waals surface area contributed by atoms with Gasteiger partial charge in [0, 0.05) is 18.7 Å². The van der Waals surface area contributed by atoms with Crippen LogP contribution in [0.5, 0.6) is 0 Å². The van der Waals surface area contributed by atoms with E-state index in [0.29, 0.717) is 25.2 Å². The lowest BCUT2D eigenvalue weighted by Crippen LogP contribution is -2.25. The van der Waals surface area contributed by atoms with Crippen molar-refractivity contribution in [3.8, 4) is 0 Å². The monoisotopic (exact) mass is 374 g/mol. The minimum atomic E-state index is -0.140. The highest BCUT2D eigenvalue weighted by molar-refractivity contribution is 5.80. The predicted octanol–water partition coefficient (Wildman–Crippen LogP) is 3.67. The molecule has 28 heavy (non-hydrogen) atoms. The van der Waals surface area contributed by atoms with Crippen molar-refractivity contribution in [1.82, 2.24) is 18.7 Å². The van der Waals surface area contributed by atoms with E-state index in [0.717, 1.165) is 27.9 Å². The molecule has 6 nitrogen and oxygen atoms in total. The van der Waals surface area contributed by atoms with E-state index >= 15 is 0 Å². The number of ketones is 1. The first kappa shape index (κ1) is 18.0. The third-order valence-corrected chi connectivity index (χ3v) is 4.94. The predicted molar refractivity (Wildman–Crippen MR) is 111 cm³/mol. The number of hydrogen-bond acceptors (Lipinski definition) is 3. The van der Waals surface area contributed by atoms with Gasteiger partial charge in [-0.05, 0) is 38.1 Å². The second-order valence-electron chi connectivity index (χ2n) is 7.05. The average molecular weight is 374 g/mol. The highest BCUT2D eigenvalue weighted by Gasteiger charge is 2.17. The number of allylic oxidation sites excluding steroid dienone is 1. The van der Waals surface area contributed by atoms with Crippen LogP contribution in [-0.2, 0) is 17.9 Å². The van der Waals surface area contributed by atoms with Crippen molar-refractivity contribution < 1.29 is 4.79 Å². The Kier molecular flexibility index (Phi) is 4.47. The van der Waals surface area contributed by atoms with Crippen molar-refractivity contribution in [2.45, 2.75) is 33.4 Å². The zero-order valence-corrected chi connectivity index (χ0v) is 16.1. The molecule has 2 aromatic carbocycles. The van der Waals surface area contributed by atoms with E-state index < -0.39 is 0 Å². The van der Waals surface area contributed by atoms with Crippen LogP contribution in [0.25, 0.3) is 27.8 Å². The average Bonchev–Trinajstić information content (AvgIpc) is 3.15. The summed E-state index contributed by atoms with van der Waals surface area (Å²) in [6, 6.07) is 15.5. The largest absolute Gasteiger partial charge is 0.333 e. The van der Waals surface area contributed by atoms with E-state index in [1.54, 1.807) is 16.1 Å². The lowest BCUT2D eigenvalue weighted by atomic mass is 10.3. The molecule has 0 spiro atoms. The zero-order chi connectivity index (χ0) is 19.8. The number of aromatic nitrogens is 4. The summed E-state index contributed by atoms with van der Waals surface area (Å²) >= 11 is 0. The van der Waals surface area contributed by atoms with E-state index in [-0.39, 0.29) is 11.5 Å². The van der Waals surface area contributed by atoms with Crippen LogP contribution >= 0.6 is 0 Å². The Bertz CT molecular complexity index is 1270. The number of imidazole rings is 2. The number of rotatable bonds is 6. The van der Waals surface area contributed by atoms with Crippen LogP contribution in [0.1, 0.15) is 26.1 Å². The molecule has 0 atom stereocenters. The third kappa shape index (κ3) is 2.97. The first-order chi connectivity index (χ1) is 13.5. The minimum Gasteiger partial charge on any atom is -0.326 e. The summed E-state index contributed by atoms with van der Waals surface area (Å²) in [7, 11) is 0. The first-order valence-corrected chi connectivity index (χ1v) is 9.27. The first-order valence-electron chi connectivity index (χ1n) is 9.27. The molecule has 0 saturated heterocycles. The molecule has 2 heterocycles. The Balaban J connectivity index is 1.88. The van der Waals surface area contributed by atoms with Gasteiger partial charge in [0.15, 0.2) is 0 Å². The van der Waals surface area contributed by atoms with Crippen LogP contribution in [0.2, 0.25) is 0 Å². The number of carbonyl (C=O) groups excluding carboxylic acids is 1. The topological polar surface area (TPSA) is 61.8 Å². The summed E-state index contributed by atoms with van der Waals surface area (Å²) < 4.78 is 5.38. The lowest BCUT2D eigenvalue weighted by molar-refractivity contribution is -0.117. The van der Waals surface area contributed by atoms with E-state index in [4.69, 9.17) is 4.98 Å². The van der Waals surface area contributed by atoms with Crippen molar-refractivity contribution in [1.29, 1.82) is 0 Å². The number of Topliss-reactive ketones (excluding diaryl/α,β-unsaturated/α-hetero) is 1. The molecule has 0 saturated carbocycles. The van der Waals surface area contributed by atoms with Crippen LogP contribution < -0.4 is 5.69 Å². The van der Waals surface area contributed by atoms with Gasteiger partial charge in [-0.1, -0.05) is 30.8 Å². The normalized spacial score (nSPS) is 11.4. The molecule has 0 N–H and O–H groups in total. The second kappa shape index (κ2) is 6.96. The quantitative estimate of drug-likeness (QED) is 0.517. The fraction of sp³-hybridized carbons (Fsp3) is 0.227. The van der Waals surface area contributed by atoms with E-state index in [2.05, 4.69) is 6.58 Å². The third-order valence-electron chi connectivity index (χ3n) is 4.94. The fourth-order valence-electron chi connectivity index (χ4n) is 3.64. The molecular weight excluding hydrogens is 352 g/mol. The Labute approximate surface area is 162 Å². The van der Waals surface area contributed by atoms with Crippen LogP contribution in [0.3, 0.4) is 0 Å². The van der Waals surface area contributed by atoms with Gasteiger partial charge in [-0.2, -0.15) is 0 Å². The van der Waals surface area contributed by atoms with Gasteiger partial charge in [0.25, 0.3) is 0 Å². The molecule has 142 valence electrons. The number of hydrogen-bond donors (Lipinski definition) is 0. The number of fused-ring (bicyclic) bond motifs is 2. The molecule has 0 aliphatic heterocycles. The van der Waals surface area contributed by atoms with Gasteiger partial charge < -0.3 is 4.57 Å². The summed E-state index contributed by atoms with van der Waals surface area (Å²) in [5.41, 5.74) is 4.02. The van der Waals surface area contributed by atoms with E-state index in [9.17, 15) is 9.59 Å². The van der Waals surface area contributed by atoms with Crippen LogP contribution in [0, 0.1) is 0 Å². The van der Waals surface area contributed by atoms with Crippen molar-refractivity contribution in [3.63, 3.8) is 0 Å². The molecule has 0 radical (unpaired) electrons. The van der Waals surface area contributed by atoms with Crippen molar-refractivity contribution in [2.75, 3.05) is 0 Å². The summed E-state index contributed by atoms with van der Waals surface area (Å²) in [6.07, 6.45) is 0.426. The van der Waals surface area contributed by atoms with Gasteiger partial charge >= 0.3 is 5.69 Å². The Morgan fingerprint density at radius 3 is 2.29 bits per heavy atom. The van der Waals surface area contributed by atoms with Crippen molar-refractivity contribution >= 4 is 33.5 Å². The van der Waals surface area contributed by atoms with Crippen molar-refractivity contribution in [2.24, 2.45) is 0 Å². The molecule has 0 aliphatic rings. The van der Waals surface area contributed by atoms with Crippen LogP contribution in [0.15, 0.2) is 59.9 Å². The van der Waals surface area contributed by atoms with Gasteiger partial charge in [0.05, 0.1) is 28.6 Å². The summed E-state index contributed by atoms with van der Waals surface area (Å²) in [6.45, 7) is 8.22.